The highest BCUT2D eigenvalue weighted by Crippen LogP contribution is 2.35. The number of benzene rings is 2. The number of esters is 1. The zero-order valence-corrected chi connectivity index (χ0v) is 19.5. The number of nitrogens with one attached hydrogen (secondary N) is 2. The van der Waals surface area contributed by atoms with E-state index in [0.717, 1.165) is 11.3 Å². The summed E-state index contributed by atoms with van der Waals surface area (Å²) in [5, 5.41) is 5.74. The van der Waals surface area contributed by atoms with E-state index in [1.54, 1.807) is 55.5 Å². The number of ether oxygens (including phenoxy) is 3. The van der Waals surface area contributed by atoms with Crippen molar-refractivity contribution in [2.24, 2.45) is 0 Å². The number of hydrogen-bond acceptors (Lipinski definition) is 7. The molecular formula is C24H24N2O6S. The summed E-state index contributed by atoms with van der Waals surface area (Å²) in [7, 11) is 2.70. The summed E-state index contributed by atoms with van der Waals surface area (Å²) in [6.45, 7) is 3.92. The smallest absolute Gasteiger partial charge is 0.341 e. The van der Waals surface area contributed by atoms with Crippen LogP contribution < -0.4 is 20.1 Å². The van der Waals surface area contributed by atoms with Gasteiger partial charge in [0.25, 0.3) is 11.8 Å². The average Bonchev–Trinajstić information content (AvgIpc) is 3.15. The van der Waals surface area contributed by atoms with E-state index in [1.807, 2.05) is 6.92 Å². The van der Waals surface area contributed by atoms with Gasteiger partial charge in [0.05, 0.1) is 42.5 Å². The maximum Gasteiger partial charge on any atom is 0.341 e. The molecule has 3 rings (SSSR count). The Labute approximate surface area is 195 Å². The zero-order valence-electron chi connectivity index (χ0n) is 18.7. The molecule has 0 aliphatic carbocycles. The van der Waals surface area contributed by atoms with Crippen LogP contribution in [0, 0.1) is 6.92 Å². The Morgan fingerprint density at radius 2 is 1.58 bits per heavy atom. The Morgan fingerprint density at radius 3 is 2.24 bits per heavy atom. The third-order valence-electron chi connectivity index (χ3n) is 4.76. The number of thiophene rings is 1. The minimum absolute atomic E-state index is 0.119. The minimum atomic E-state index is -0.659. The second kappa shape index (κ2) is 10.6. The van der Waals surface area contributed by atoms with Crippen LogP contribution >= 0.6 is 11.3 Å². The lowest BCUT2D eigenvalue weighted by Crippen LogP contribution is -2.15. The van der Waals surface area contributed by atoms with Gasteiger partial charge in [-0.05, 0) is 43.7 Å². The fraction of sp³-hybridized carbons (Fsp3) is 0.208. The second-order valence-electron chi connectivity index (χ2n) is 6.79. The van der Waals surface area contributed by atoms with E-state index in [1.165, 1.54) is 14.2 Å². The molecule has 0 aliphatic rings. The molecule has 9 heteroatoms. The van der Waals surface area contributed by atoms with Crippen molar-refractivity contribution in [2.45, 2.75) is 13.8 Å². The molecule has 8 nitrogen and oxygen atoms in total. The highest BCUT2D eigenvalue weighted by Gasteiger charge is 2.27. The van der Waals surface area contributed by atoms with Gasteiger partial charge >= 0.3 is 5.97 Å². The molecule has 33 heavy (non-hydrogen) atoms. The minimum Gasteiger partial charge on any atom is -0.496 e. The van der Waals surface area contributed by atoms with Crippen molar-refractivity contribution in [3.05, 3.63) is 70.1 Å². The molecule has 0 bridgehead atoms. The van der Waals surface area contributed by atoms with Gasteiger partial charge in [0.1, 0.15) is 16.5 Å². The largest absolute Gasteiger partial charge is 0.496 e. The number of carbonyl (C=O) groups is 3. The fourth-order valence-corrected chi connectivity index (χ4v) is 4.28. The molecule has 0 saturated heterocycles. The predicted octanol–water partition coefficient (Wildman–Crippen LogP) is 4.76. The maximum atomic E-state index is 13.1. The molecule has 172 valence electrons. The molecule has 0 atom stereocenters. The number of hydrogen-bond donors (Lipinski definition) is 2. The molecule has 0 fully saturated rings. The second-order valence-corrected chi connectivity index (χ2v) is 7.81. The van der Waals surface area contributed by atoms with Gasteiger partial charge in [0, 0.05) is 0 Å². The Morgan fingerprint density at radius 1 is 0.909 bits per heavy atom. The molecular weight excluding hydrogens is 444 g/mol. The van der Waals surface area contributed by atoms with Crippen molar-refractivity contribution in [3.63, 3.8) is 0 Å². The quantitative estimate of drug-likeness (QED) is 0.462. The van der Waals surface area contributed by atoms with Crippen LogP contribution in [0.25, 0.3) is 0 Å². The first-order chi connectivity index (χ1) is 15.9. The van der Waals surface area contributed by atoms with Crippen LogP contribution in [-0.4, -0.2) is 38.6 Å². The summed E-state index contributed by atoms with van der Waals surface area (Å²) < 4.78 is 15.7. The highest BCUT2D eigenvalue weighted by atomic mass is 32.1. The molecule has 2 aromatic carbocycles. The van der Waals surface area contributed by atoms with Gasteiger partial charge < -0.3 is 24.8 Å². The normalized spacial score (nSPS) is 10.3. The van der Waals surface area contributed by atoms with Crippen LogP contribution in [0.2, 0.25) is 0 Å². The Bertz CT molecular complexity index is 1190. The summed E-state index contributed by atoms with van der Waals surface area (Å²) in [6.07, 6.45) is 0. The van der Waals surface area contributed by atoms with Crippen LogP contribution in [0.1, 0.15) is 42.9 Å². The first-order valence-corrected chi connectivity index (χ1v) is 10.9. The van der Waals surface area contributed by atoms with Crippen LogP contribution in [0.3, 0.4) is 0 Å². The molecule has 0 spiro atoms. The average molecular weight is 469 g/mol. The van der Waals surface area contributed by atoms with Gasteiger partial charge in [-0.3, -0.25) is 9.59 Å². The van der Waals surface area contributed by atoms with Crippen LogP contribution in [0.5, 0.6) is 11.5 Å². The van der Waals surface area contributed by atoms with Crippen molar-refractivity contribution in [1.29, 1.82) is 0 Å². The maximum absolute atomic E-state index is 13.1. The van der Waals surface area contributed by atoms with E-state index in [4.69, 9.17) is 14.2 Å². The van der Waals surface area contributed by atoms with E-state index in [-0.39, 0.29) is 15.4 Å². The molecule has 3 aromatic rings. The van der Waals surface area contributed by atoms with Gasteiger partial charge in [-0.25, -0.2) is 4.79 Å². The summed E-state index contributed by atoms with van der Waals surface area (Å²) in [4.78, 5) is 38.7. The Kier molecular flexibility index (Phi) is 7.68. The standard InChI is InChI=1S/C24H24N2O6S/c1-5-32-18-13-9-7-11-16(18)25-22(28)20-14(2)19(24(29)31-4)23(33-20)26-21(27)15-10-6-8-12-17(15)30-3/h6-13H,5H2,1-4H3,(H,25,28)(H,26,27). The van der Waals surface area contributed by atoms with Crippen molar-refractivity contribution in [1.82, 2.24) is 0 Å². The fourth-order valence-electron chi connectivity index (χ4n) is 3.20. The summed E-state index contributed by atoms with van der Waals surface area (Å²) in [6, 6.07) is 13.8. The molecule has 0 aliphatic heterocycles. The van der Waals surface area contributed by atoms with Crippen LogP contribution in [0.4, 0.5) is 10.7 Å². The molecule has 1 heterocycles. The molecule has 1 aromatic heterocycles. The third-order valence-corrected chi connectivity index (χ3v) is 5.96. The van der Waals surface area contributed by atoms with Crippen LogP contribution in [-0.2, 0) is 4.74 Å². The lowest BCUT2D eigenvalue weighted by atomic mass is 10.1. The Hall–Kier alpha value is -3.85. The number of carbonyl (C=O) groups excluding carboxylic acids is 3. The highest BCUT2D eigenvalue weighted by molar-refractivity contribution is 7.19. The zero-order chi connectivity index (χ0) is 24.0. The van der Waals surface area contributed by atoms with E-state index in [9.17, 15) is 14.4 Å². The lowest BCUT2D eigenvalue weighted by molar-refractivity contribution is 0.0601. The topological polar surface area (TPSA) is 103 Å². The van der Waals surface area contributed by atoms with Gasteiger partial charge in [-0.2, -0.15) is 0 Å². The lowest BCUT2D eigenvalue weighted by Gasteiger charge is -2.11. The summed E-state index contributed by atoms with van der Waals surface area (Å²) in [5.74, 6) is -0.665. The van der Waals surface area contributed by atoms with E-state index < -0.39 is 17.8 Å². The number of methoxy groups -OCH3 is 2. The van der Waals surface area contributed by atoms with Crippen molar-refractivity contribution < 1.29 is 28.6 Å². The summed E-state index contributed by atoms with van der Waals surface area (Å²) in [5.41, 5.74) is 1.30. The first kappa shape index (κ1) is 23.8. The van der Waals surface area contributed by atoms with Gasteiger partial charge in [-0.1, -0.05) is 24.3 Å². The van der Waals surface area contributed by atoms with Crippen molar-refractivity contribution in [3.8, 4) is 11.5 Å². The molecule has 2 amide bonds. The van der Waals surface area contributed by atoms with Crippen molar-refractivity contribution >= 4 is 39.8 Å². The van der Waals surface area contributed by atoms with Crippen LogP contribution in [0.15, 0.2) is 48.5 Å². The number of amides is 2. The van der Waals surface area contributed by atoms with E-state index in [2.05, 4.69) is 10.6 Å². The molecule has 0 unspecified atom stereocenters. The predicted molar refractivity (Wildman–Crippen MR) is 127 cm³/mol. The molecule has 0 radical (unpaired) electrons. The monoisotopic (exact) mass is 468 g/mol. The molecule has 0 saturated carbocycles. The van der Waals surface area contributed by atoms with E-state index in [0.29, 0.717) is 34.9 Å². The number of para-hydroxylation sites is 3. The SMILES string of the molecule is CCOc1ccccc1NC(=O)c1sc(NC(=O)c2ccccc2OC)c(C(=O)OC)c1C. The molecule has 2 N–H and O–H groups in total. The Balaban J connectivity index is 1.96. The van der Waals surface area contributed by atoms with Gasteiger partial charge in [-0.15, -0.1) is 11.3 Å². The van der Waals surface area contributed by atoms with Gasteiger partial charge in [0.15, 0.2) is 0 Å². The first-order valence-electron chi connectivity index (χ1n) is 10.1. The van der Waals surface area contributed by atoms with E-state index >= 15 is 0 Å². The summed E-state index contributed by atoms with van der Waals surface area (Å²) >= 11 is 0.986. The van der Waals surface area contributed by atoms with Crippen molar-refractivity contribution in [2.75, 3.05) is 31.5 Å². The number of rotatable bonds is 8. The number of anilines is 2. The van der Waals surface area contributed by atoms with Gasteiger partial charge in [0.2, 0.25) is 0 Å². The third kappa shape index (κ3) is 5.15.